The summed E-state index contributed by atoms with van der Waals surface area (Å²) in [6.07, 6.45) is -1.12. The smallest absolute Gasteiger partial charge is 0.314 e. The number of alkyl halides is 3. The van der Waals surface area contributed by atoms with Crippen LogP contribution in [0.2, 0.25) is 0 Å². The Labute approximate surface area is 123 Å². The molecule has 21 heavy (non-hydrogen) atoms. The Hall–Kier alpha value is -1.04. The van der Waals surface area contributed by atoms with Crippen molar-refractivity contribution < 1.29 is 13.2 Å². The number of nitrogens with zero attached hydrogens (tertiary/aromatic N) is 2. The summed E-state index contributed by atoms with van der Waals surface area (Å²) in [4.78, 5) is 0. The number of halogens is 3. The minimum absolute atomic E-state index is 0.00540. The quantitative estimate of drug-likeness (QED) is 0.842. The first kappa shape index (κ1) is 16.3. The molecule has 1 aromatic rings. The van der Waals surface area contributed by atoms with Crippen molar-refractivity contribution in [2.75, 3.05) is 6.54 Å². The maximum Gasteiger partial charge on any atom is 0.391 e. The Morgan fingerprint density at radius 3 is 2.71 bits per heavy atom. The van der Waals surface area contributed by atoms with Crippen molar-refractivity contribution in [2.24, 2.45) is 5.92 Å². The summed E-state index contributed by atoms with van der Waals surface area (Å²) in [5.41, 5.74) is 2.13. The van der Waals surface area contributed by atoms with E-state index in [4.69, 9.17) is 0 Å². The fourth-order valence-corrected chi connectivity index (χ4v) is 3.11. The average molecular weight is 303 g/mol. The van der Waals surface area contributed by atoms with Gasteiger partial charge in [0.1, 0.15) is 0 Å². The maximum absolute atomic E-state index is 12.7. The zero-order valence-electron chi connectivity index (χ0n) is 12.7. The Morgan fingerprint density at radius 1 is 1.33 bits per heavy atom. The van der Waals surface area contributed by atoms with Crippen LogP contribution in [0.15, 0.2) is 6.07 Å². The number of hydrogen-bond donors (Lipinski definition) is 1. The van der Waals surface area contributed by atoms with Gasteiger partial charge in [-0.2, -0.15) is 18.3 Å². The molecule has 3 nitrogen and oxygen atoms in total. The molecule has 120 valence electrons. The van der Waals surface area contributed by atoms with Crippen LogP contribution < -0.4 is 5.32 Å². The molecule has 1 N–H and O–H groups in total. The summed E-state index contributed by atoms with van der Waals surface area (Å²) >= 11 is 0. The fourth-order valence-electron chi connectivity index (χ4n) is 3.11. The largest absolute Gasteiger partial charge is 0.391 e. The molecule has 2 rings (SSSR count). The third-order valence-corrected chi connectivity index (χ3v) is 4.22. The van der Waals surface area contributed by atoms with Crippen LogP contribution >= 0.6 is 0 Å². The van der Waals surface area contributed by atoms with E-state index in [0.717, 1.165) is 37.3 Å². The van der Waals surface area contributed by atoms with Gasteiger partial charge in [0.2, 0.25) is 0 Å². The van der Waals surface area contributed by atoms with Crippen LogP contribution in [-0.4, -0.2) is 28.5 Å². The second-order valence-corrected chi connectivity index (χ2v) is 6.06. The van der Waals surface area contributed by atoms with Gasteiger partial charge in [0.25, 0.3) is 0 Å². The molecule has 0 radical (unpaired) electrons. The molecular formula is C15H24F3N3. The first-order valence-corrected chi connectivity index (χ1v) is 7.67. The number of hydrogen-bond acceptors (Lipinski definition) is 2. The summed E-state index contributed by atoms with van der Waals surface area (Å²) < 4.78 is 40.1. The lowest BCUT2D eigenvalue weighted by Crippen LogP contribution is -2.39. The SMILES string of the molecule is Cc1cc(C)n(CCCNC2CCCC(C(F)(F)F)C2)n1. The highest BCUT2D eigenvalue weighted by atomic mass is 19.4. The van der Waals surface area contributed by atoms with Gasteiger partial charge in [-0.15, -0.1) is 0 Å². The van der Waals surface area contributed by atoms with E-state index in [9.17, 15) is 13.2 Å². The lowest BCUT2D eigenvalue weighted by Gasteiger charge is -2.31. The van der Waals surface area contributed by atoms with Gasteiger partial charge in [-0.1, -0.05) is 6.42 Å². The third kappa shape index (κ3) is 4.73. The maximum atomic E-state index is 12.7. The molecule has 0 bridgehead atoms. The van der Waals surface area contributed by atoms with Crippen LogP contribution in [0.1, 0.15) is 43.5 Å². The van der Waals surface area contributed by atoms with Crippen LogP contribution in [0.3, 0.4) is 0 Å². The normalized spacial score (nSPS) is 23.5. The lowest BCUT2D eigenvalue weighted by molar-refractivity contribution is -0.183. The van der Waals surface area contributed by atoms with Crippen LogP contribution in [0, 0.1) is 19.8 Å². The predicted octanol–water partition coefficient (Wildman–Crippen LogP) is 3.60. The van der Waals surface area contributed by atoms with Gasteiger partial charge in [-0.05, 0) is 52.1 Å². The summed E-state index contributed by atoms with van der Waals surface area (Å²) in [6.45, 7) is 5.53. The van der Waals surface area contributed by atoms with Crippen LogP contribution in [0.5, 0.6) is 0 Å². The Balaban J connectivity index is 1.70. The van der Waals surface area contributed by atoms with E-state index in [1.165, 1.54) is 0 Å². The standard InChI is InChI=1S/C15H24F3N3/c1-11-9-12(2)21(20-11)8-4-7-19-14-6-3-5-13(10-14)15(16,17)18/h9,13-14,19H,3-8,10H2,1-2H3. The van der Waals surface area contributed by atoms with Crippen LogP contribution in [0.4, 0.5) is 13.2 Å². The van der Waals surface area contributed by atoms with E-state index in [1.807, 2.05) is 24.6 Å². The van der Waals surface area contributed by atoms with Gasteiger partial charge < -0.3 is 5.32 Å². The fraction of sp³-hybridized carbons (Fsp3) is 0.800. The van der Waals surface area contributed by atoms with Gasteiger partial charge in [-0.25, -0.2) is 0 Å². The van der Waals surface area contributed by atoms with Gasteiger partial charge in [0, 0.05) is 18.3 Å². The molecule has 0 amide bonds. The second-order valence-electron chi connectivity index (χ2n) is 6.06. The van der Waals surface area contributed by atoms with Crippen molar-refractivity contribution in [1.82, 2.24) is 15.1 Å². The van der Waals surface area contributed by atoms with Crippen molar-refractivity contribution >= 4 is 0 Å². The molecule has 1 fully saturated rings. The molecule has 0 spiro atoms. The monoisotopic (exact) mass is 303 g/mol. The lowest BCUT2D eigenvalue weighted by atomic mass is 9.85. The van der Waals surface area contributed by atoms with Gasteiger partial charge in [0.05, 0.1) is 11.6 Å². The highest BCUT2D eigenvalue weighted by Crippen LogP contribution is 2.37. The first-order chi connectivity index (χ1) is 9.86. The van der Waals surface area contributed by atoms with Crippen LogP contribution in [-0.2, 0) is 6.54 Å². The molecule has 1 aliphatic carbocycles. The van der Waals surface area contributed by atoms with Crippen molar-refractivity contribution in [3.63, 3.8) is 0 Å². The third-order valence-electron chi connectivity index (χ3n) is 4.22. The molecule has 1 aromatic heterocycles. The van der Waals surface area contributed by atoms with Crippen molar-refractivity contribution in [3.05, 3.63) is 17.5 Å². The number of rotatable bonds is 5. The van der Waals surface area contributed by atoms with Gasteiger partial charge in [0.15, 0.2) is 0 Å². The number of aryl methyl sites for hydroxylation is 3. The van der Waals surface area contributed by atoms with E-state index in [0.29, 0.717) is 6.42 Å². The van der Waals surface area contributed by atoms with E-state index in [2.05, 4.69) is 10.4 Å². The second kappa shape index (κ2) is 6.81. The highest BCUT2D eigenvalue weighted by Gasteiger charge is 2.41. The summed E-state index contributed by atoms with van der Waals surface area (Å²) in [6, 6.07) is 2.04. The average Bonchev–Trinajstić information content (AvgIpc) is 2.72. The number of nitrogens with one attached hydrogen (secondary N) is 1. The first-order valence-electron chi connectivity index (χ1n) is 7.67. The molecule has 6 heteroatoms. The van der Waals surface area contributed by atoms with Gasteiger partial charge >= 0.3 is 6.18 Å². The molecule has 1 saturated carbocycles. The minimum Gasteiger partial charge on any atom is -0.314 e. The van der Waals surface area contributed by atoms with Crippen molar-refractivity contribution in [3.8, 4) is 0 Å². The molecule has 2 unspecified atom stereocenters. The topological polar surface area (TPSA) is 29.9 Å². The van der Waals surface area contributed by atoms with E-state index >= 15 is 0 Å². The molecule has 0 aliphatic heterocycles. The number of aromatic nitrogens is 2. The Morgan fingerprint density at radius 2 is 2.10 bits per heavy atom. The molecular weight excluding hydrogens is 279 g/mol. The Kier molecular flexibility index (Phi) is 5.30. The van der Waals surface area contributed by atoms with E-state index < -0.39 is 12.1 Å². The summed E-state index contributed by atoms with van der Waals surface area (Å²) in [7, 11) is 0. The zero-order chi connectivity index (χ0) is 15.5. The summed E-state index contributed by atoms with van der Waals surface area (Å²) in [5, 5.41) is 7.66. The highest BCUT2D eigenvalue weighted by molar-refractivity contribution is 5.06. The summed E-state index contributed by atoms with van der Waals surface area (Å²) in [5.74, 6) is -1.13. The van der Waals surface area contributed by atoms with E-state index in [1.54, 1.807) is 0 Å². The molecule has 1 heterocycles. The van der Waals surface area contributed by atoms with Crippen molar-refractivity contribution in [1.29, 1.82) is 0 Å². The van der Waals surface area contributed by atoms with E-state index in [-0.39, 0.29) is 18.9 Å². The molecule has 0 saturated heterocycles. The Bertz CT molecular complexity index is 454. The van der Waals surface area contributed by atoms with Crippen LogP contribution in [0.25, 0.3) is 0 Å². The predicted molar refractivity (Wildman–Crippen MR) is 76.1 cm³/mol. The molecule has 0 aromatic carbocycles. The van der Waals surface area contributed by atoms with Gasteiger partial charge in [-0.3, -0.25) is 4.68 Å². The zero-order valence-corrected chi connectivity index (χ0v) is 12.7. The van der Waals surface area contributed by atoms with Crippen molar-refractivity contribution in [2.45, 2.75) is 64.7 Å². The molecule has 2 atom stereocenters. The minimum atomic E-state index is -4.04. The molecule has 1 aliphatic rings.